The van der Waals surface area contributed by atoms with E-state index in [0.717, 1.165) is 17.7 Å². The molecule has 0 spiro atoms. The summed E-state index contributed by atoms with van der Waals surface area (Å²) in [6, 6.07) is 9.47. The Morgan fingerprint density at radius 2 is 1.92 bits per heavy atom. The Kier molecular flexibility index (Phi) is 12.8. The van der Waals surface area contributed by atoms with E-state index in [0.29, 0.717) is 28.5 Å². The summed E-state index contributed by atoms with van der Waals surface area (Å²) in [6.45, 7) is 16.4. The number of carbonyl (C=O) groups is 1. The average Bonchev–Trinajstić information content (AvgIpc) is 2.66. The first-order valence-corrected chi connectivity index (χ1v) is 9.79. The summed E-state index contributed by atoms with van der Waals surface area (Å²) in [5.74, 6) is 0.538. The first-order valence-electron chi connectivity index (χ1n) is 8.97. The third kappa shape index (κ3) is 8.22. The zero-order valence-corrected chi connectivity index (χ0v) is 17.2. The van der Waals surface area contributed by atoms with E-state index in [1.54, 1.807) is 12.1 Å². The molecule has 0 aliphatic heterocycles. The number of carbonyl (C=O) groups excluding carboxylic acids is 1. The summed E-state index contributed by atoms with van der Waals surface area (Å²) >= 11 is 1.35. The Balaban J connectivity index is 0.00000301. The van der Waals surface area contributed by atoms with Crippen LogP contribution in [0.3, 0.4) is 0 Å². The molecule has 0 aliphatic rings. The number of benzene rings is 1. The number of amides is 1. The summed E-state index contributed by atoms with van der Waals surface area (Å²) in [5, 5.41) is 12.1. The minimum atomic E-state index is -0.0950. The molecule has 0 fully saturated rings. The van der Waals surface area contributed by atoms with Crippen molar-refractivity contribution in [3.8, 4) is 6.07 Å². The molecular formula is C22H30N2OS. The van der Waals surface area contributed by atoms with Crippen LogP contribution in [0.2, 0.25) is 0 Å². The minimum Gasteiger partial charge on any atom is -0.352 e. The third-order valence-corrected chi connectivity index (χ3v) is 4.55. The largest absolute Gasteiger partial charge is 0.352 e. The van der Waals surface area contributed by atoms with E-state index in [1.165, 1.54) is 17.8 Å². The van der Waals surface area contributed by atoms with E-state index in [1.807, 2.05) is 32.0 Å². The van der Waals surface area contributed by atoms with Crippen LogP contribution in [0.5, 0.6) is 0 Å². The second kappa shape index (κ2) is 14.0. The quantitative estimate of drug-likeness (QED) is 0.246. The molecule has 4 heteroatoms. The molecule has 1 aromatic rings. The van der Waals surface area contributed by atoms with Crippen molar-refractivity contribution in [2.45, 2.75) is 45.4 Å². The van der Waals surface area contributed by atoms with Gasteiger partial charge in [0.05, 0.1) is 11.1 Å². The van der Waals surface area contributed by atoms with Crippen LogP contribution in [0.25, 0.3) is 0 Å². The molecule has 1 N–H and O–H groups in total. The molecule has 0 bridgehead atoms. The van der Waals surface area contributed by atoms with Crippen LogP contribution in [-0.2, 0) is 0 Å². The van der Waals surface area contributed by atoms with Crippen LogP contribution in [0, 0.1) is 17.2 Å². The number of allylic oxidation sites excluding steroid dienone is 3. The van der Waals surface area contributed by atoms with E-state index >= 15 is 0 Å². The lowest BCUT2D eigenvalue weighted by Gasteiger charge is -2.11. The SMILES string of the molecule is C=C/C(C#N)=C(\C=C)Sc1ccccc1C(=O)NCCCC(C)C.CC. The zero-order chi connectivity index (χ0) is 19.9. The highest BCUT2D eigenvalue weighted by Gasteiger charge is 2.13. The molecule has 0 saturated carbocycles. The maximum absolute atomic E-state index is 12.4. The third-order valence-electron chi connectivity index (χ3n) is 3.37. The Labute approximate surface area is 162 Å². The number of thioether (sulfide) groups is 1. The minimum absolute atomic E-state index is 0.0950. The summed E-state index contributed by atoms with van der Waals surface area (Å²) in [5.41, 5.74) is 1.05. The van der Waals surface area contributed by atoms with E-state index in [4.69, 9.17) is 5.26 Å². The topological polar surface area (TPSA) is 52.9 Å². The molecule has 0 aromatic heterocycles. The lowest BCUT2D eigenvalue weighted by molar-refractivity contribution is 0.0949. The van der Waals surface area contributed by atoms with E-state index < -0.39 is 0 Å². The van der Waals surface area contributed by atoms with Gasteiger partial charge in [0.25, 0.3) is 5.91 Å². The molecule has 1 aromatic carbocycles. The molecule has 3 nitrogen and oxygen atoms in total. The Morgan fingerprint density at radius 3 is 2.46 bits per heavy atom. The first-order chi connectivity index (χ1) is 12.5. The number of hydrogen-bond acceptors (Lipinski definition) is 3. The summed E-state index contributed by atoms with van der Waals surface area (Å²) in [6.07, 6.45) is 5.16. The van der Waals surface area contributed by atoms with E-state index in [-0.39, 0.29) is 5.91 Å². The molecule has 1 amide bonds. The van der Waals surface area contributed by atoms with Gasteiger partial charge in [-0.2, -0.15) is 5.26 Å². The predicted octanol–water partition coefficient (Wildman–Crippen LogP) is 6.12. The molecule has 0 unspecified atom stereocenters. The molecule has 140 valence electrons. The number of nitrogens with zero attached hydrogens (tertiary/aromatic N) is 1. The van der Waals surface area contributed by atoms with Crippen LogP contribution in [0.4, 0.5) is 0 Å². The van der Waals surface area contributed by atoms with Gasteiger partial charge in [-0.25, -0.2) is 0 Å². The lowest BCUT2D eigenvalue weighted by Crippen LogP contribution is -2.25. The van der Waals surface area contributed by atoms with Crippen LogP contribution in [0.15, 0.2) is 64.9 Å². The number of hydrogen-bond donors (Lipinski definition) is 1. The van der Waals surface area contributed by atoms with Crippen LogP contribution in [-0.4, -0.2) is 12.5 Å². The van der Waals surface area contributed by atoms with Gasteiger partial charge in [0, 0.05) is 16.3 Å². The highest BCUT2D eigenvalue weighted by atomic mass is 32.2. The molecular weight excluding hydrogens is 340 g/mol. The Morgan fingerprint density at radius 1 is 1.27 bits per heavy atom. The lowest BCUT2D eigenvalue weighted by atomic mass is 10.1. The predicted molar refractivity (Wildman–Crippen MR) is 113 cm³/mol. The van der Waals surface area contributed by atoms with Crippen molar-refractivity contribution in [1.29, 1.82) is 5.26 Å². The smallest absolute Gasteiger partial charge is 0.252 e. The number of rotatable bonds is 9. The van der Waals surface area contributed by atoms with Crippen LogP contribution >= 0.6 is 11.8 Å². The van der Waals surface area contributed by atoms with Crippen molar-refractivity contribution in [2.75, 3.05) is 6.54 Å². The van der Waals surface area contributed by atoms with Crippen molar-refractivity contribution in [3.63, 3.8) is 0 Å². The van der Waals surface area contributed by atoms with Crippen molar-refractivity contribution < 1.29 is 4.79 Å². The van der Waals surface area contributed by atoms with Gasteiger partial charge in [-0.1, -0.05) is 76.9 Å². The van der Waals surface area contributed by atoms with Gasteiger partial charge in [-0.3, -0.25) is 4.79 Å². The van der Waals surface area contributed by atoms with Gasteiger partial charge in [0.15, 0.2) is 0 Å². The van der Waals surface area contributed by atoms with Crippen LogP contribution < -0.4 is 5.32 Å². The fraction of sp³-hybridized carbons (Fsp3) is 0.364. The van der Waals surface area contributed by atoms with Crippen molar-refractivity contribution in [1.82, 2.24) is 5.32 Å². The number of nitriles is 1. The van der Waals surface area contributed by atoms with Gasteiger partial charge in [0.1, 0.15) is 6.07 Å². The normalized spacial score (nSPS) is 10.8. The fourth-order valence-electron chi connectivity index (χ4n) is 2.08. The van der Waals surface area contributed by atoms with Crippen LogP contribution in [0.1, 0.15) is 50.9 Å². The summed E-state index contributed by atoms with van der Waals surface area (Å²) < 4.78 is 0. The summed E-state index contributed by atoms with van der Waals surface area (Å²) in [7, 11) is 0. The van der Waals surface area contributed by atoms with Gasteiger partial charge in [-0.15, -0.1) is 0 Å². The molecule has 26 heavy (non-hydrogen) atoms. The molecule has 0 saturated heterocycles. The van der Waals surface area contributed by atoms with E-state index in [2.05, 4.69) is 38.4 Å². The first kappa shape index (κ1) is 23.8. The average molecular weight is 371 g/mol. The second-order valence-electron chi connectivity index (χ2n) is 5.69. The highest BCUT2D eigenvalue weighted by molar-refractivity contribution is 8.03. The Bertz CT molecular complexity index is 669. The van der Waals surface area contributed by atoms with Crippen molar-refractivity contribution in [2.24, 2.45) is 5.92 Å². The molecule has 0 atom stereocenters. The highest BCUT2D eigenvalue weighted by Crippen LogP contribution is 2.32. The van der Waals surface area contributed by atoms with Gasteiger partial charge >= 0.3 is 0 Å². The van der Waals surface area contributed by atoms with Crippen molar-refractivity contribution >= 4 is 17.7 Å². The van der Waals surface area contributed by atoms with Gasteiger partial charge in [0.2, 0.25) is 0 Å². The fourth-order valence-corrected chi connectivity index (χ4v) is 3.05. The van der Waals surface area contributed by atoms with Gasteiger partial charge in [-0.05, 0) is 30.9 Å². The molecule has 0 aliphatic carbocycles. The molecule has 0 radical (unpaired) electrons. The zero-order valence-electron chi connectivity index (χ0n) is 16.3. The maximum atomic E-state index is 12.4. The Hall–Kier alpha value is -2.25. The molecule has 0 heterocycles. The van der Waals surface area contributed by atoms with Crippen molar-refractivity contribution in [3.05, 3.63) is 65.6 Å². The second-order valence-corrected chi connectivity index (χ2v) is 6.77. The monoisotopic (exact) mass is 370 g/mol. The van der Waals surface area contributed by atoms with E-state index in [9.17, 15) is 4.79 Å². The summed E-state index contributed by atoms with van der Waals surface area (Å²) in [4.78, 5) is 13.9. The standard InChI is InChI=1S/C20H24N2OS.C2H6/c1-5-16(14-21)18(6-2)24-19-12-8-7-11-17(19)20(23)22-13-9-10-15(3)4;1-2/h5-8,11-12,15H,1-2,9-10,13H2,3-4H3,(H,22,23);1-2H3/b18-16-;. The number of nitrogens with one attached hydrogen (secondary N) is 1. The molecule has 1 rings (SSSR count). The maximum Gasteiger partial charge on any atom is 0.252 e. The van der Waals surface area contributed by atoms with Gasteiger partial charge < -0.3 is 5.32 Å².